The van der Waals surface area contributed by atoms with Gasteiger partial charge in [0.05, 0.1) is 0 Å². The largest absolute Gasteiger partial charge is 0.383 e. The molecule has 1 unspecified atom stereocenters. The molecule has 0 aromatic carbocycles. The first-order chi connectivity index (χ1) is 6.72. The molecule has 1 aliphatic carbocycles. The van der Waals surface area contributed by atoms with E-state index in [2.05, 4.69) is 10.1 Å². The monoisotopic (exact) mass is 197 g/mol. The van der Waals surface area contributed by atoms with Gasteiger partial charge in [-0.25, -0.2) is 0 Å². The van der Waals surface area contributed by atoms with Gasteiger partial charge in [0.15, 0.2) is 0 Å². The van der Waals surface area contributed by atoms with Crippen molar-refractivity contribution in [2.75, 3.05) is 0 Å². The van der Waals surface area contributed by atoms with Gasteiger partial charge in [0, 0.05) is 12.0 Å². The zero-order valence-electron chi connectivity index (χ0n) is 8.18. The maximum absolute atomic E-state index is 9.69. The summed E-state index contributed by atoms with van der Waals surface area (Å²) in [6.45, 7) is 1.91. The van der Waals surface area contributed by atoms with Gasteiger partial charge in [-0.1, -0.05) is 12.1 Å². The lowest BCUT2D eigenvalue weighted by molar-refractivity contribution is 0.132. The molecule has 1 aromatic heterocycles. The van der Waals surface area contributed by atoms with Gasteiger partial charge in [-0.15, -0.1) is 0 Å². The van der Waals surface area contributed by atoms with Crippen molar-refractivity contribution in [2.24, 2.45) is 5.73 Å². The predicted molar refractivity (Wildman–Crippen MR) is 49.5 cm³/mol. The van der Waals surface area contributed by atoms with Crippen molar-refractivity contribution in [1.29, 1.82) is 0 Å². The van der Waals surface area contributed by atoms with Crippen LogP contribution in [0.4, 0.5) is 0 Å². The van der Waals surface area contributed by atoms with Crippen molar-refractivity contribution in [2.45, 2.75) is 44.2 Å². The zero-order chi connectivity index (χ0) is 10.1. The molecule has 3 N–H and O–H groups in total. The van der Waals surface area contributed by atoms with Crippen LogP contribution in [0, 0.1) is 0 Å². The Hall–Kier alpha value is -0.940. The fraction of sp³-hybridized carbons (Fsp3) is 0.778. The molecular weight excluding hydrogens is 182 g/mol. The lowest BCUT2D eigenvalue weighted by Gasteiger charge is -2.12. The highest BCUT2D eigenvalue weighted by Gasteiger charge is 2.31. The van der Waals surface area contributed by atoms with E-state index in [0.717, 1.165) is 12.8 Å². The molecule has 0 spiro atoms. The molecule has 5 heteroatoms. The Morgan fingerprint density at radius 2 is 2.36 bits per heavy atom. The Kier molecular flexibility index (Phi) is 2.52. The van der Waals surface area contributed by atoms with Crippen LogP contribution in [-0.4, -0.2) is 21.3 Å². The van der Waals surface area contributed by atoms with E-state index < -0.39 is 6.10 Å². The summed E-state index contributed by atoms with van der Waals surface area (Å²) < 4.78 is 5.03. The van der Waals surface area contributed by atoms with Crippen LogP contribution in [0.2, 0.25) is 0 Å². The highest BCUT2D eigenvalue weighted by Crippen LogP contribution is 2.39. The Bertz CT molecular complexity index is 309. The van der Waals surface area contributed by atoms with Crippen LogP contribution in [0.3, 0.4) is 0 Å². The average Bonchev–Trinajstić information content (AvgIpc) is 2.94. The molecular formula is C9H15N3O2. The molecule has 1 aliphatic rings. The zero-order valence-corrected chi connectivity index (χ0v) is 8.18. The Balaban J connectivity index is 2.07. The van der Waals surface area contributed by atoms with E-state index in [0.29, 0.717) is 24.1 Å². The topological polar surface area (TPSA) is 85.2 Å². The van der Waals surface area contributed by atoms with Crippen LogP contribution in [0.25, 0.3) is 0 Å². The molecule has 1 aromatic rings. The van der Waals surface area contributed by atoms with Crippen molar-refractivity contribution in [3.63, 3.8) is 0 Å². The predicted octanol–water partition coefficient (Wildman–Crippen LogP) is 0.718. The lowest BCUT2D eigenvalue weighted by atomic mass is 10.1. The van der Waals surface area contributed by atoms with Crippen molar-refractivity contribution < 1.29 is 9.63 Å². The SMILES string of the molecule is CCC(N)[C@H](O)c1noc(C2CC2)n1. The summed E-state index contributed by atoms with van der Waals surface area (Å²) in [6, 6.07) is -0.320. The van der Waals surface area contributed by atoms with Crippen molar-refractivity contribution in [3.8, 4) is 0 Å². The summed E-state index contributed by atoms with van der Waals surface area (Å²) in [5.74, 6) is 1.38. The van der Waals surface area contributed by atoms with Crippen LogP contribution in [0.1, 0.15) is 49.9 Å². The van der Waals surface area contributed by atoms with Gasteiger partial charge in [-0.2, -0.15) is 4.98 Å². The summed E-state index contributed by atoms with van der Waals surface area (Å²) in [5, 5.41) is 13.4. The third kappa shape index (κ3) is 1.78. The van der Waals surface area contributed by atoms with Crippen LogP contribution < -0.4 is 5.73 Å². The standard InChI is InChI=1S/C9H15N3O2/c1-2-6(10)7(13)8-11-9(14-12-8)5-3-4-5/h5-7,13H,2-4,10H2,1H3/t6?,7-/m0/s1. The number of hydrogen-bond acceptors (Lipinski definition) is 5. The van der Waals surface area contributed by atoms with Crippen molar-refractivity contribution in [3.05, 3.63) is 11.7 Å². The van der Waals surface area contributed by atoms with Crippen LogP contribution in [0.15, 0.2) is 4.52 Å². The molecule has 1 fully saturated rings. The Labute approximate surface area is 82.3 Å². The fourth-order valence-corrected chi connectivity index (χ4v) is 1.28. The smallest absolute Gasteiger partial charge is 0.229 e. The minimum atomic E-state index is -0.809. The van der Waals surface area contributed by atoms with Crippen LogP contribution in [0.5, 0.6) is 0 Å². The average molecular weight is 197 g/mol. The third-order valence-electron chi connectivity index (χ3n) is 2.53. The van der Waals surface area contributed by atoms with Gasteiger partial charge < -0.3 is 15.4 Å². The summed E-state index contributed by atoms with van der Waals surface area (Å²) in [4.78, 5) is 4.13. The van der Waals surface area contributed by atoms with Gasteiger partial charge in [0.1, 0.15) is 6.10 Å². The Morgan fingerprint density at radius 3 is 2.93 bits per heavy atom. The number of aliphatic hydroxyl groups excluding tert-OH is 1. The van der Waals surface area contributed by atoms with E-state index >= 15 is 0 Å². The molecule has 14 heavy (non-hydrogen) atoms. The molecule has 0 amide bonds. The number of nitrogens with zero attached hydrogens (tertiary/aromatic N) is 2. The first-order valence-electron chi connectivity index (χ1n) is 4.99. The number of rotatable bonds is 4. The molecule has 2 atom stereocenters. The summed E-state index contributed by atoms with van der Waals surface area (Å²) in [7, 11) is 0. The molecule has 78 valence electrons. The van der Waals surface area contributed by atoms with Crippen molar-refractivity contribution in [1.82, 2.24) is 10.1 Å². The molecule has 1 heterocycles. The molecule has 0 aliphatic heterocycles. The van der Waals surface area contributed by atoms with Gasteiger partial charge in [-0.05, 0) is 19.3 Å². The number of nitrogens with two attached hydrogens (primary N) is 1. The molecule has 1 saturated carbocycles. The molecule has 0 saturated heterocycles. The minimum Gasteiger partial charge on any atom is -0.383 e. The van der Waals surface area contributed by atoms with E-state index in [1.54, 1.807) is 0 Å². The summed E-state index contributed by atoms with van der Waals surface area (Å²) in [6.07, 6.45) is 2.10. The second kappa shape index (κ2) is 3.67. The lowest BCUT2D eigenvalue weighted by Crippen LogP contribution is -2.28. The van der Waals surface area contributed by atoms with Crippen LogP contribution >= 0.6 is 0 Å². The van der Waals surface area contributed by atoms with Crippen LogP contribution in [-0.2, 0) is 0 Å². The summed E-state index contributed by atoms with van der Waals surface area (Å²) in [5.41, 5.74) is 5.68. The molecule has 0 bridgehead atoms. The molecule has 5 nitrogen and oxygen atoms in total. The van der Waals surface area contributed by atoms with E-state index in [9.17, 15) is 5.11 Å². The first kappa shape index (κ1) is 9.61. The highest BCUT2D eigenvalue weighted by atomic mass is 16.5. The number of aliphatic hydroxyl groups is 1. The number of hydrogen-bond donors (Lipinski definition) is 2. The van der Waals surface area contributed by atoms with E-state index in [1.807, 2.05) is 6.92 Å². The second-order valence-electron chi connectivity index (χ2n) is 3.78. The van der Waals surface area contributed by atoms with E-state index in [-0.39, 0.29) is 6.04 Å². The highest BCUT2D eigenvalue weighted by molar-refractivity contribution is 5.03. The van der Waals surface area contributed by atoms with Gasteiger partial charge in [0.2, 0.25) is 11.7 Å². The van der Waals surface area contributed by atoms with Gasteiger partial charge in [-0.3, -0.25) is 0 Å². The van der Waals surface area contributed by atoms with Gasteiger partial charge >= 0.3 is 0 Å². The first-order valence-corrected chi connectivity index (χ1v) is 4.99. The van der Waals surface area contributed by atoms with E-state index in [4.69, 9.17) is 10.3 Å². The Morgan fingerprint density at radius 1 is 1.64 bits per heavy atom. The normalized spacial score (nSPS) is 20.8. The quantitative estimate of drug-likeness (QED) is 0.742. The van der Waals surface area contributed by atoms with Crippen molar-refractivity contribution >= 4 is 0 Å². The third-order valence-corrected chi connectivity index (χ3v) is 2.53. The minimum absolute atomic E-state index is 0.320. The fourth-order valence-electron chi connectivity index (χ4n) is 1.28. The maximum Gasteiger partial charge on any atom is 0.229 e. The summed E-state index contributed by atoms with van der Waals surface area (Å²) >= 11 is 0. The number of aromatic nitrogens is 2. The molecule has 0 radical (unpaired) electrons. The van der Waals surface area contributed by atoms with E-state index in [1.165, 1.54) is 0 Å². The molecule has 2 rings (SSSR count). The second-order valence-corrected chi connectivity index (χ2v) is 3.78. The maximum atomic E-state index is 9.69. The van der Waals surface area contributed by atoms with Gasteiger partial charge in [0.25, 0.3) is 0 Å².